The van der Waals surface area contributed by atoms with Gasteiger partial charge >= 0.3 is 8.80 Å². The van der Waals surface area contributed by atoms with E-state index >= 15 is 0 Å². The molecule has 4 nitrogen and oxygen atoms in total. The van der Waals surface area contributed by atoms with Crippen LogP contribution in [0, 0.1) is 0 Å². The number of carbonyl (C=O) groups is 1. The van der Waals surface area contributed by atoms with E-state index in [1.807, 2.05) is 20.8 Å². The van der Waals surface area contributed by atoms with Gasteiger partial charge in [-0.05, 0) is 20.8 Å². The summed E-state index contributed by atoms with van der Waals surface area (Å²) in [5, 5.41) is -0.0388. The molecule has 0 radical (unpaired) electrons. The molecule has 0 aliphatic heterocycles. The van der Waals surface area contributed by atoms with Crippen molar-refractivity contribution in [2.45, 2.75) is 34.1 Å². The minimum atomic E-state index is -3.04. The monoisotopic (exact) mass is 220 g/mol. The van der Waals surface area contributed by atoms with Crippen LogP contribution >= 0.6 is 0 Å². The third-order valence-electron chi connectivity index (χ3n) is 1.67. The fourth-order valence-electron chi connectivity index (χ4n) is 1.15. The van der Waals surface area contributed by atoms with Crippen molar-refractivity contribution < 1.29 is 18.1 Å². The van der Waals surface area contributed by atoms with Crippen LogP contribution < -0.4 is 0 Å². The first-order chi connectivity index (χ1) is 6.66. The van der Waals surface area contributed by atoms with Crippen molar-refractivity contribution in [3.8, 4) is 0 Å². The van der Waals surface area contributed by atoms with Crippen molar-refractivity contribution in [2.24, 2.45) is 0 Å². The van der Waals surface area contributed by atoms with Gasteiger partial charge in [-0.2, -0.15) is 0 Å². The lowest BCUT2D eigenvalue weighted by Crippen LogP contribution is -2.53. The van der Waals surface area contributed by atoms with Gasteiger partial charge in [-0.15, -0.1) is 0 Å². The summed E-state index contributed by atoms with van der Waals surface area (Å²) in [7, 11) is -3.04. The summed E-state index contributed by atoms with van der Waals surface area (Å²) in [5.41, 5.74) is 0. The van der Waals surface area contributed by atoms with Crippen LogP contribution in [0.25, 0.3) is 0 Å². The van der Waals surface area contributed by atoms with Crippen molar-refractivity contribution in [2.75, 3.05) is 19.8 Å². The largest absolute Gasteiger partial charge is 0.574 e. The molecular formula is C9H20O4Si. The predicted octanol–water partition coefficient (Wildman–Crippen LogP) is 1.55. The van der Waals surface area contributed by atoms with Crippen LogP contribution in [0.5, 0.6) is 0 Å². The molecule has 0 unspecified atom stereocenters. The van der Waals surface area contributed by atoms with Crippen LogP contribution in [-0.2, 0) is 18.1 Å². The standard InChI is InChI=1S/C9H20O4Si/c1-5-9(10)14(11-6-2,12-7-3)13-8-4/h5-8H2,1-4H3. The van der Waals surface area contributed by atoms with Gasteiger partial charge in [-0.1, -0.05) is 6.92 Å². The zero-order valence-electron chi connectivity index (χ0n) is 9.46. The van der Waals surface area contributed by atoms with Crippen molar-refractivity contribution in [3.63, 3.8) is 0 Å². The molecule has 0 aliphatic carbocycles. The maximum Gasteiger partial charge on any atom is 0.574 e. The summed E-state index contributed by atoms with van der Waals surface area (Å²) in [5.74, 6) is 0. The summed E-state index contributed by atoms with van der Waals surface area (Å²) in [6.45, 7) is 8.63. The van der Waals surface area contributed by atoms with E-state index in [1.165, 1.54) is 0 Å². The Bertz CT molecular complexity index is 155. The van der Waals surface area contributed by atoms with Gasteiger partial charge in [0, 0.05) is 26.2 Å². The summed E-state index contributed by atoms with van der Waals surface area (Å²) < 4.78 is 16.2. The van der Waals surface area contributed by atoms with Gasteiger partial charge in [0.25, 0.3) is 0 Å². The van der Waals surface area contributed by atoms with Gasteiger partial charge < -0.3 is 13.3 Å². The van der Waals surface area contributed by atoms with Crippen LogP contribution in [0.3, 0.4) is 0 Å². The molecule has 84 valence electrons. The van der Waals surface area contributed by atoms with Gasteiger partial charge in [-0.25, -0.2) is 0 Å². The molecule has 0 aromatic rings. The third-order valence-corrected chi connectivity index (χ3v) is 4.71. The molecule has 0 N–H and O–H groups in total. The van der Waals surface area contributed by atoms with Crippen LogP contribution in [0.4, 0.5) is 0 Å². The average Bonchev–Trinajstić information content (AvgIpc) is 2.17. The van der Waals surface area contributed by atoms with E-state index in [2.05, 4.69) is 0 Å². The molecule has 0 saturated heterocycles. The zero-order valence-corrected chi connectivity index (χ0v) is 10.5. The quantitative estimate of drug-likeness (QED) is 0.582. The molecule has 0 aliphatic rings. The highest BCUT2D eigenvalue weighted by Gasteiger charge is 2.48. The number of rotatable bonds is 8. The minimum Gasteiger partial charge on any atom is -0.369 e. The summed E-state index contributed by atoms with van der Waals surface area (Å²) in [6, 6.07) is 0. The Labute approximate surface area is 86.9 Å². The first kappa shape index (κ1) is 13.8. The molecule has 0 rings (SSSR count). The third kappa shape index (κ3) is 3.49. The number of carbonyl (C=O) groups excluding carboxylic acids is 1. The van der Waals surface area contributed by atoms with Crippen LogP contribution in [-0.4, -0.2) is 34.0 Å². The van der Waals surface area contributed by atoms with Crippen LogP contribution in [0.1, 0.15) is 34.1 Å². The maximum atomic E-state index is 11.7. The maximum absolute atomic E-state index is 11.7. The molecule has 0 fully saturated rings. The van der Waals surface area contributed by atoms with E-state index in [-0.39, 0.29) is 5.41 Å². The summed E-state index contributed by atoms with van der Waals surface area (Å²) >= 11 is 0. The molecule has 0 amide bonds. The molecule has 14 heavy (non-hydrogen) atoms. The average molecular weight is 220 g/mol. The first-order valence-electron chi connectivity index (χ1n) is 5.11. The molecule has 0 spiro atoms. The molecule has 0 atom stereocenters. The van der Waals surface area contributed by atoms with Crippen molar-refractivity contribution in [3.05, 3.63) is 0 Å². The van der Waals surface area contributed by atoms with Crippen molar-refractivity contribution in [1.29, 1.82) is 0 Å². The van der Waals surface area contributed by atoms with Crippen molar-refractivity contribution in [1.82, 2.24) is 0 Å². The highest BCUT2D eigenvalue weighted by molar-refractivity contribution is 6.92. The van der Waals surface area contributed by atoms with Crippen LogP contribution in [0.2, 0.25) is 0 Å². The molecular weight excluding hydrogens is 200 g/mol. The van der Waals surface area contributed by atoms with Crippen LogP contribution in [0.15, 0.2) is 0 Å². The Balaban J connectivity index is 4.62. The Morgan fingerprint density at radius 1 is 0.929 bits per heavy atom. The highest BCUT2D eigenvalue weighted by atomic mass is 28.4. The SMILES string of the molecule is CCO[Si](OCC)(OCC)C(=O)CC. The normalized spacial score (nSPS) is 11.7. The van der Waals surface area contributed by atoms with E-state index in [9.17, 15) is 4.79 Å². The lowest BCUT2D eigenvalue weighted by Gasteiger charge is -2.26. The Hall–Kier alpha value is -0.233. The smallest absolute Gasteiger partial charge is 0.369 e. The zero-order chi connectivity index (χ0) is 11.0. The molecule has 0 saturated carbocycles. The van der Waals surface area contributed by atoms with Gasteiger partial charge in [0.1, 0.15) is 0 Å². The second-order valence-electron chi connectivity index (χ2n) is 2.63. The van der Waals surface area contributed by atoms with Gasteiger partial charge in [0.05, 0.1) is 0 Å². The predicted molar refractivity (Wildman–Crippen MR) is 55.9 cm³/mol. The van der Waals surface area contributed by atoms with E-state index in [1.54, 1.807) is 6.92 Å². The second kappa shape index (κ2) is 7.11. The molecule has 0 aromatic heterocycles. The summed E-state index contributed by atoms with van der Waals surface area (Å²) in [4.78, 5) is 11.7. The second-order valence-corrected chi connectivity index (χ2v) is 5.17. The number of hydrogen-bond donors (Lipinski definition) is 0. The molecule has 0 bridgehead atoms. The fraction of sp³-hybridized carbons (Fsp3) is 0.889. The van der Waals surface area contributed by atoms with E-state index in [0.29, 0.717) is 26.2 Å². The van der Waals surface area contributed by atoms with Gasteiger partial charge in [0.15, 0.2) is 0 Å². The Morgan fingerprint density at radius 2 is 1.29 bits per heavy atom. The van der Waals surface area contributed by atoms with E-state index in [0.717, 1.165) is 0 Å². The topological polar surface area (TPSA) is 44.8 Å². The van der Waals surface area contributed by atoms with Gasteiger partial charge in [-0.3, -0.25) is 4.79 Å². The Morgan fingerprint density at radius 3 is 1.50 bits per heavy atom. The Kier molecular flexibility index (Phi) is 6.99. The number of hydrogen-bond acceptors (Lipinski definition) is 4. The van der Waals surface area contributed by atoms with Gasteiger partial charge in [0.2, 0.25) is 5.41 Å². The minimum absolute atomic E-state index is 0.0388. The molecule has 5 heteroatoms. The van der Waals surface area contributed by atoms with E-state index < -0.39 is 8.80 Å². The van der Waals surface area contributed by atoms with Crippen molar-refractivity contribution >= 4 is 14.2 Å². The van der Waals surface area contributed by atoms with E-state index in [4.69, 9.17) is 13.3 Å². The summed E-state index contributed by atoms with van der Waals surface area (Å²) in [6.07, 6.45) is 0.395. The fourth-order valence-corrected chi connectivity index (χ4v) is 3.46. The lowest BCUT2D eigenvalue weighted by molar-refractivity contribution is -0.119. The molecule has 0 aromatic carbocycles. The highest BCUT2D eigenvalue weighted by Crippen LogP contribution is 2.13. The molecule has 0 heterocycles. The first-order valence-corrected chi connectivity index (χ1v) is 6.84. The lowest BCUT2D eigenvalue weighted by atomic mass is 10.6.